The fourth-order valence-electron chi connectivity index (χ4n) is 5.02. The zero-order valence-electron chi connectivity index (χ0n) is 25.9. The van der Waals surface area contributed by atoms with E-state index in [1.807, 2.05) is 41.8 Å². The fraction of sp³-hybridized carbons (Fsp3) is 0.118. The largest absolute Gasteiger partial charge is 0.508 e. The number of aryl methyl sites for hydroxylation is 2. The number of halogens is 7. The van der Waals surface area contributed by atoms with Gasteiger partial charge in [0.15, 0.2) is 11.7 Å². The number of nitrogens with two attached hydrogens (primary N) is 2. The molecular formula is C34H27F6IN4O4S. The van der Waals surface area contributed by atoms with Gasteiger partial charge in [0.1, 0.15) is 11.5 Å². The minimum absolute atomic E-state index is 0.00221. The van der Waals surface area contributed by atoms with E-state index in [-0.39, 0.29) is 33.8 Å². The van der Waals surface area contributed by atoms with Crippen molar-refractivity contribution in [3.63, 3.8) is 0 Å². The Bertz CT molecular complexity index is 2060. The number of amidine groups is 2. The summed E-state index contributed by atoms with van der Waals surface area (Å²) in [7, 11) is 0. The van der Waals surface area contributed by atoms with E-state index in [0.717, 1.165) is 40.3 Å². The van der Waals surface area contributed by atoms with Crippen molar-refractivity contribution < 1.29 is 47.0 Å². The van der Waals surface area contributed by atoms with Crippen LogP contribution in [-0.4, -0.2) is 32.3 Å². The summed E-state index contributed by atoms with van der Waals surface area (Å²) in [6, 6.07) is 15.3. The number of benzene rings is 4. The van der Waals surface area contributed by atoms with Crippen LogP contribution in [0.3, 0.4) is 0 Å². The number of oxime groups is 2. The molecule has 0 saturated heterocycles. The standard InChI is InChI=1S/C20H17F3N2O2S.C14H10F3IN2O2/c1-10-9-28-11(2)17(10)18-15(12-3-5-14(26)6-4-12)7-13(20(21,22)23)8-16(18)19(24)25-27;15-14(16,17)8-5-10(7-1-3-9(21)4-2-7)12(18)11(6-8)13(19)20-22/h3-9,26-27H,1-2H3,(H2,24,25);1-6,21-22H,(H2,19,20). The van der Waals surface area contributed by atoms with E-state index in [9.17, 15) is 41.8 Å². The van der Waals surface area contributed by atoms with Gasteiger partial charge >= 0.3 is 12.4 Å². The first-order chi connectivity index (χ1) is 23.4. The predicted molar refractivity (Wildman–Crippen MR) is 188 cm³/mol. The van der Waals surface area contributed by atoms with Crippen LogP contribution in [0.25, 0.3) is 33.4 Å². The Balaban J connectivity index is 0.000000232. The molecule has 0 aliphatic carbocycles. The minimum atomic E-state index is -4.62. The van der Waals surface area contributed by atoms with Crippen LogP contribution in [0.4, 0.5) is 26.3 Å². The van der Waals surface area contributed by atoms with Gasteiger partial charge in [-0.2, -0.15) is 26.3 Å². The van der Waals surface area contributed by atoms with Gasteiger partial charge in [-0.3, -0.25) is 0 Å². The molecule has 0 amide bonds. The average Bonchev–Trinajstić information content (AvgIpc) is 3.40. The summed E-state index contributed by atoms with van der Waals surface area (Å²) in [4.78, 5) is 0.893. The molecule has 16 heteroatoms. The molecule has 8 nitrogen and oxygen atoms in total. The highest BCUT2D eigenvalue weighted by atomic mass is 127. The Morgan fingerprint density at radius 2 is 1.08 bits per heavy atom. The quantitative estimate of drug-likeness (QED) is 0.0259. The zero-order chi connectivity index (χ0) is 37.1. The lowest BCUT2D eigenvalue weighted by atomic mass is 9.87. The number of phenols is 2. The molecule has 0 aliphatic heterocycles. The number of alkyl halides is 6. The number of thiophene rings is 1. The molecule has 5 rings (SSSR count). The highest BCUT2D eigenvalue weighted by Gasteiger charge is 2.34. The Hall–Kier alpha value is -4.97. The van der Waals surface area contributed by atoms with Crippen LogP contribution in [-0.2, 0) is 12.4 Å². The van der Waals surface area contributed by atoms with Crippen molar-refractivity contribution in [2.45, 2.75) is 26.2 Å². The predicted octanol–water partition coefficient (Wildman–Crippen LogP) is 9.29. The second-order valence-electron chi connectivity index (χ2n) is 10.7. The van der Waals surface area contributed by atoms with Gasteiger partial charge in [0, 0.05) is 25.1 Å². The van der Waals surface area contributed by atoms with Crippen molar-refractivity contribution in [2.75, 3.05) is 0 Å². The third-order valence-corrected chi connectivity index (χ3v) is 9.59. The van der Waals surface area contributed by atoms with E-state index in [0.29, 0.717) is 20.3 Å². The lowest BCUT2D eigenvalue weighted by Gasteiger charge is -2.19. The number of aromatic hydroxyl groups is 2. The van der Waals surface area contributed by atoms with Crippen LogP contribution in [0.5, 0.6) is 11.5 Å². The molecule has 0 aliphatic rings. The average molecular weight is 829 g/mol. The summed E-state index contributed by atoms with van der Waals surface area (Å²) >= 11 is 3.30. The van der Waals surface area contributed by atoms with Crippen molar-refractivity contribution >= 4 is 45.6 Å². The molecule has 4 aromatic carbocycles. The molecule has 1 heterocycles. The Morgan fingerprint density at radius 3 is 1.50 bits per heavy atom. The van der Waals surface area contributed by atoms with Gasteiger partial charge in [-0.1, -0.05) is 34.6 Å². The summed E-state index contributed by atoms with van der Waals surface area (Å²) in [5.41, 5.74) is 13.0. The van der Waals surface area contributed by atoms with E-state index >= 15 is 0 Å². The van der Waals surface area contributed by atoms with E-state index in [1.165, 1.54) is 59.9 Å². The molecule has 0 unspecified atom stereocenters. The van der Waals surface area contributed by atoms with Gasteiger partial charge in [0.25, 0.3) is 0 Å². The minimum Gasteiger partial charge on any atom is -0.508 e. The third-order valence-electron chi connectivity index (χ3n) is 7.40. The van der Waals surface area contributed by atoms with Crippen LogP contribution < -0.4 is 11.5 Å². The van der Waals surface area contributed by atoms with Gasteiger partial charge < -0.3 is 32.1 Å². The van der Waals surface area contributed by atoms with E-state index in [1.54, 1.807) is 0 Å². The summed E-state index contributed by atoms with van der Waals surface area (Å²) < 4.78 is 80.2. The monoisotopic (exact) mass is 828 g/mol. The Kier molecular flexibility index (Phi) is 11.3. The van der Waals surface area contributed by atoms with Gasteiger partial charge in [0.05, 0.1) is 11.1 Å². The lowest BCUT2D eigenvalue weighted by molar-refractivity contribution is -0.138. The molecule has 0 saturated carbocycles. The molecule has 0 atom stereocenters. The van der Waals surface area contributed by atoms with Gasteiger partial charge in [-0.15, -0.1) is 11.3 Å². The lowest BCUT2D eigenvalue weighted by Crippen LogP contribution is -2.17. The number of rotatable bonds is 5. The first-order valence-corrected chi connectivity index (χ1v) is 16.1. The van der Waals surface area contributed by atoms with Gasteiger partial charge in [0.2, 0.25) is 0 Å². The Morgan fingerprint density at radius 1 is 0.660 bits per heavy atom. The summed E-state index contributed by atoms with van der Waals surface area (Å²) in [5, 5.41) is 44.4. The van der Waals surface area contributed by atoms with E-state index in [2.05, 4.69) is 10.3 Å². The third kappa shape index (κ3) is 8.24. The zero-order valence-corrected chi connectivity index (χ0v) is 28.9. The fourth-order valence-corrected chi connectivity index (χ4v) is 6.78. The van der Waals surface area contributed by atoms with Gasteiger partial charge in [-0.05, 0) is 124 Å². The molecule has 1 aromatic heterocycles. The summed E-state index contributed by atoms with van der Waals surface area (Å²) in [6.45, 7) is 3.72. The SMILES string of the molecule is Cc1csc(C)c1-c1c(C(N)=NO)cc(C(F)(F)F)cc1-c1ccc(O)cc1.NC(=NO)c1cc(C(F)(F)F)cc(-c2ccc(O)cc2)c1I. The Labute approximate surface area is 298 Å². The molecule has 262 valence electrons. The highest BCUT2D eigenvalue weighted by Crippen LogP contribution is 2.44. The molecule has 0 spiro atoms. The second kappa shape index (κ2) is 14.9. The second-order valence-corrected chi connectivity index (χ2v) is 12.9. The van der Waals surface area contributed by atoms with Crippen molar-refractivity contribution in [3.05, 3.63) is 114 Å². The van der Waals surface area contributed by atoms with Crippen LogP contribution in [0.1, 0.15) is 32.7 Å². The maximum atomic E-state index is 13.5. The molecule has 5 aromatic rings. The number of hydrogen-bond donors (Lipinski definition) is 6. The molecule has 0 bridgehead atoms. The molecule has 0 fully saturated rings. The van der Waals surface area contributed by atoms with Crippen molar-refractivity contribution in [1.82, 2.24) is 0 Å². The van der Waals surface area contributed by atoms with E-state index < -0.39 is 35.2 Å². The smallest absolute Gasteiger partial charge is 0.416 e. The maximum absolute atomic E-state index is 13.5. The maximum Gasteiger partial charge on any atom is 0.416 e. The molecule has 0 radical (unpaired) electrons. The van der Waals surface area contributed by atoms with Crippen molar-refractivity contribution in [3.8, 4) is 44.9 Å². The first-order valence-electron chi connectivity index (χ1n) is 14.1. The van der Waals surface area contributed by atoms with E-state index in [4.69, 9.17) is 16.7 Å². The normalized spacial score (nSPS) is 12.4. The topological polar surface area (TPSA) is 158 Å². The highest BCUT2D eigenvalue weighted by molar-refractivity contribution is 14.1. The number of nitrogens with zero attached hydrogens (tertiary/aromatic N) is 2. The summed E-state index contributed by atoms with van der Waals surface area (Å²) in [5.74, 6) is -0.819. The van der Waals surface area contributed by atoms with Crippen LogP contribution in [0.15, 0.2) is 88.5 Å². The van der Waals surface area contributed by atoms with Crippen molar-refractivity contribution in [1.29, 1.82) is 0 Å². The van der Waals surface area contributed by atoms with Crippen LogP contribution in [0, 0.1) is 17.4 Å². The van der Waals surface area contributed by atoms with Crippen molar-refractivity contribution in [2.24, 2.45) is 21.8 Å². The number of hydrogen-bond acceptors (Lipinski definition) is 7. The van der Waals surface area contributed by atoms with Gasteiger partial charge in [-0.25, -0.2) is 0 Å². The van der Waals surface area contributed by atoms with Crippen LogP contribution >= 0.6 is 33.9 Å². The number of phenolic OH excluding ortho intramolecular Hbond substituents is 2. The molecule has 50 heavy (non-hydrogen) atoms. The first kappa shape index (κ1) is 37.8. The van der Waals surface area contributed by atoms with Crippen LogP contribution in [0.2, 0.25) is 0 Å². The summed E-state index contributed by atoms with van der Waals surface area (Å²) in [6.07, 6.45) is -9.19. The molecule has 8 N–H and O–H groups in total. The molecular weight excluding hydrogens is 801 g/mol.